The van der Waals surface area contributed by atoms with E-state index in [0.717, 1.165) is 0 Å². The fourth-order valence-corrected chi connectivity index (χ4v) is 3.70. The number of anilines is 1. The smallest absolute Gasteiger partial charge is 0.344 e. The van der Waals surface area contributed by atoms with Crippen LogP contribution in [0.1, 0.15) is 35.7 Å². The summed E-state index contributed by atoms with van der Waals surface area (Å²) < 4.78 is 30.1. The van der Waals surface area contributed by atoms with E-state index < -0.39 is 17.9 Å². The molecule has 8 nitrogen and oxygen atoms in total. The quantitative estimate of drug-likeness (QED) is 0.625. The third-order valence-corrected chi connectivity index (χ3v) is 5.18. The number of pyridine rings is 1. The molecule has 1 saturated heterocycles. The van der Waals surface area contributed by atoms with Crippen LogP contribution in [0, 0.1) is 5.82 Å². The maximum absolute atomic E-state index is 14.4. The molecule has 162 valence electrons. The molecule has 2 heterocycles. The van der Waals surface area contributed by atoms with Gasteiger partial charge in [0.25, 0.3) is 5.91 Å². The first-order valence-electron chi connectivity index (χ1n) is 10.0. The minimum atomic E-state index is -0.750. The van der Waals surface area contributed by atoms with Crippen LogP contribution < -0.4 is 14.4 Å². The molecule has 9 heteroatoms. The van der Waals surface area contributed by atoms with Crippen LogP contribution in [-0.2, 0) is 20.7 Å². The lowest BCUT2D eigenvalue weighted by molar-refractivity contribution is -0.145. The van der Waals surface area contributed by atoms with Crippen molar-refractivity contribution in [3.05, 3.63) is 47.4 Å². The highest BCUT2D eigenvalue weighted by Crippen LogP contribution is 2.32. The predicted molar refractivity (Wildman–Crippen MR) is 107 cm³/mol. The number of hydrogen-bond donors (Lipinski definition) is 0. The molecule has 0 saturated carbocycles. The molecular formula is C22H21FN2O6. The van der Waals surface area contributed by atoms with Gasteiger partial charge >= 0.3 is 5.97 Å². The van der Waals surface area contributed by atoms with Gasteiger partial charge in [0.15, 0.2) is 18.5 Å². The van der Waals surface area contributed by atoms with Crippen molar-refractivity contribution < 1.29 is 33.0 Å². The van der Waals surface area contributed by atoms with E-state index in [1.807, 2.05) is 0 Å². The third-order valence-electron chi connectivity index (χ3n) is 5.18. The molecule has 0 spiro atoms. The summed E-state index contributed by atoms with van der Waals surface area (Å²) in [5.74, 6) is -0.792. The normalized spacial score (nSPS) is 17.6. The van der Waals surface area contributed by atoms with Crippen LogP contribution in [0.4, 0.5) is 10.1 Å². The average Bonchev–Trinajstić information content (AvgIpc) is 3.31. The molecule has 1 fully saturated rings. The number of ketones is 1. The lowest BCUT2D eigenvalue weighted by atomic mass is 10.1. The number of carbonyl (C=O) groups is 3. The number of Topliss-reactive ketones (excluding diaryl/α,β-unsaturated/α-hetero) is 1. The number of fused-ring (bicyclic) bond motifs is 1. The number of benzene rings is 1. The summed E-state index contributed by atoms with van der Waals surface area (Å²) in [4.78, 5) is 41.6. The first-order chi connectivity index (χ1) is 15.0. The molecule has 2 aliphatic rings. The van der Waals surface area contributed by atoms with Crippen LogP contribution in [0.2, 0.25) is 0 Å². The van der Waals surface area contributed by atoms with Crippen molar-refractivity contribution in [3.8, 4) is 11.6 Å². The number of amides is 1. The van der Waals surface area contributed by atoms with Gasteiger partial charge in [-0.3, -0.25) is 9.59 Å². The number of rotatable bonds is 7. The summed E-state index contributed by atoms with van der Waals surface area (Å²) in [6, 6.07) is 5.99. The molecule has 1 aliphatic carbocycles. The molecule has 0 N–H and O–H groups in total. The Kier molecular flexibility index (Phi) is 5.83. The van der Waals surface area contributed by atoms with Crippen LogP contribution in [0.15, 0.2) is 30.5 Å². The maximum atomic E-state index is 14.4. The first-order valence-corrected chi connectivity index (χ1v) is 10.0. The zero-order valence-corrected chi connectivity index (χ0v) is 16.9. The van der Waals surface area contributed by atoms with Crippen LogP contribution in [0.5, 0.6) is 11.6 Å². The highest BCUT2D eigenvalue weighted by molar-refractivity contribution is 6.04. The summed E-state index contributed by atoms with van der Waals surface area (Å²) in [6.45, 7) is 2.07. The predicted octanol–water partition coefficient (Wildman–Crippen LogP) is 2.48. The second-order valence-electron chi connectivity index (χ2n) is 7.19. The van der Waals surface area contributed by atoms with E-state index in [1.54, 1.807) is 19.1 Å². The number of ether oxygens (including phenoxy) is 3. The van der Waals surface area contributed by atoms with E-state index in [1.165, 1.54) is 23.2 Å². The van der Waals surface area contributed by atoms with Crippen molar-refractivity contribution >= 4 is 23.3 Å². The summed E-state index contributed by atoms with van der Waals surface area (Å²) in [5, 5.41) is 0. The average molecular weight is 428 g/mol. The van der Waals surface area contributed by atoms with E-state index >= 15 is 0 Å². The van der Waals surface area contributed by atoms with Gasteiger partial charge in [-0.1, -0.05) is 0 Å². The highest BCUT2D eigenvalue weighted by atomic mass is 19.1. The minimum absolute atomic E-state index is 0.105. The van der Waals surface area contributed by atoms with Crippen molar-refractivity contribution in [2.45, 2.75) is 32.3 Å². The van der Waals surface area contributed by atoms with Crippen molar-refractivity contribution in [2.24, 2.45) is 0 Å². The molecule has 1 atom stereocenters. The largest absolute Gasteiger partial charge is 0.479 e. The van der Waals surface area contributed by atoms with Crippen molar-refractivity contribution in [1.82, 2.24) is 4.98 Å². The van der Waals surface area contributed by atoms with Gasteiger partial charge in [-0.15, -0.1) is 0 Å². The Morgan fingerprint density at radius 3 is 2.84 bits per heavy atom. The van der Waals surface area contributed by atoms with E-state index in [2.05, 4.69) is 4.98 Å². The number of carbonyl (C=O) groups excluding carboxylic acids is 3. The van der Waals surface area contributed by atoms with Gasteiger partial charge in [-0.2, -0.15) is 0 Å². The summed E-state index contributed by atoms with van der Waals surface area (Å²) in [6.07, 6.45) is 1.74. The molecule has 1 aromatic carbocycles. The monoisotopic (exact) mass is 428 g/mol. The van der Waals surface area contributed by atoms with Gasteiger partial charge in [0.2, 0.25) is 5.88 Å². The van der Waals surface area contributed by atoms with Gasteiger partial charge in [-0.25, -0.2) is 14.2 Å². The molecule has 0 unspecified atom stereocenters. The van der Waals surface area contributed by atoms with Crippen LogP contribution in [-0.4, -0.2) is 48.5 Å². The van der Waals surface area contributed by atoms with Gasteiger partial charge in [-0.05, 0) is 37.1 Å². The number of nitrogens with zero attached hydrogens (tertiary/aromatic N) is 2. The Bertz CT molecular complexity index is 1020. The van der Waals surface area contributed by atoms with Crippen molar-refractivity contribution in [1.29, 1.82) is 0 Å². The molecular weight excluding hydrogens is 407 g/mol. The molecule has 4 rings (SSSR count). The van der Waals surface area contributed by atoms with Crippen molar-refractivity contribution in [3.63, 3.8) is 0 Å². The molecule has 1 amide bonds. The number of hydrogen-bond acceptors (Lipinski definition) is 7. The maximum Gasteiger partial charge on any atom is 0.344 e. The van der Waals surface area contributed by atoms with Crippen LogP contribution in [0.25, 0.3) is 0 Å². The number of aromatic nitrogens is 1. The van der Waals surface area contributed by atoms with Crippen LogP contribution >= 0.6 is 0 Å². The Labute approximate surface area is 177 Å². The fourth-order valence-electron chi connectivity index (χ4n) is 3.70. The zero-order valence-electron chi connectivity index (χ0n) is 16.9. The number of halogens is 1. The van der Waals surface area contributed by atoms with Gasteiger partial charge < -0.3 is 19.1 Å². The van der Waals surface area contributed by atoms with Crippen LogP contribution in [0.3, 0.4) is 0 Å². The topological polar surface area (TPSA) is 95.0 Å². The summed E-state index contributed by atoms with van der Waals surface area (Å²) in [7, 11) is 0. The lowest BCUT2D eigenvalue weighted by Gasteiger charge is -2.18. The third kappa shape index (κ3) is 4.35. The molecule has 31 heavy (non-hydrogen) atoms. The minimum Gasteiger partial charge on any atom is -0.479 e. The molecule has 2 aromatic rings. The van der Waals surface area contributed by atoms with Crippen molar-refractivity contribution in [2.75, 3.05) is 24.7 Å². The van der Waals surface area contributed by atoms with E-state index in [4.69, 9.17) is 14.2 Å². The fraction of sp³-hybridized carbons (Fsp3) is 0.364. The molecule has 1 aromatic heterocycles. The van der Waals surface area contributed by atoms with E-state index in [0.29, 0.717) is 48.4 Å². The first kappa shape index (κ1) is 20.8. The number of esters is 1. The standard InChI is InChI=1S/C22H21FN2O6/c1-2-29-21(27)12-30-20-6-3-14(11-24-20)31-19-7-8-25(22(19)28)13-9-16-15(17(23)10-13)4-5-18(16)26/h3,6,9-11,19H,2,4-5,7-8,12H2,1H3/t19-/m1/s1. The highest BCUT2D eigenvalue weighted by Gasteiger charge is 2.36. The van der Waals surface area contributed by atoms with Gasteiger partial charge in [0.1, 0.15) is 11.6 Å². The van der Waals surface area contributed by atoms with E-state index in [-0.39, 0.29) is 30.8 Å². The molecule has 1 aliphatic heterocycles. The second kappa shape index (κ2) is 8.71. The Hall–Kier alpha value is -3.49. The van der Waals surface area contributed by atoms with Gasteiger partial charge in [0.05, 0.1) is 12.8 Å². The SMILES string of the molecule is CCOC(=O)COc1ccc(O[C@@H]2CCN(c3cc(F)c4c(c3)C(=O)CC4)C2=O)cn1. The zero-order chi connectivity index (χ0) is 22.0. The Balaban J connectivity index is 1.39. The molecule has 0 radical (unpaired) electrons. The lowest BCUT2D eigenvalue weighted by Crippen LogP contribution is -2.32. The second-order valence-corrected chi connectivity index (χ2v) is 7.19. The Morgan fingerprint density at radius 2 is 2.10 bits per heavy atom. The summed E-state index contributed by atoms with van der Waals surface area (Å²) >= 11 is 0. The molecule has 0 bridgehead atoms. The summed E-state index contributed by atoms with van der Waals surface area (Å²) in [5.41, 5.74) is 1.14. The Morgan fingerprint density at radius 1 is 1.26 bits per heavy atom. The van der Waals surface area contributed by atoms with E-state index in [9.17, 15) is 18.8 Å². The van der Waals surface area contributed by atoms with Gasteiger partial charge in [0, 0.05) is 36.7 Å².